The summed E-state index contributed by atoms with van der Waals surface area (Å²) in [5, 5.41) is 7.89. The zero-order valence-corrected chi connectivity index (χ0v) is 14.9. The molecule has 0 saturated heterocycles. The van der Waals surface area contributed by atoms with E-state index in [0.717, 1.165) is 16.0 Å². The summed E-state index contributed by atoms with van der Waals surface area (Å²) in [6.07, 6.45) is 0. The van der Waals surface area contributed by atoms with Crippen LogP contribution in [0.3, 0.4) is 0 Å². The summed E-state index contributed by atoms with van der Waals surface area (Å²) < 4.78 is 10.6. The van der Waals surface area contributed by atoms with E-state index in [9.17, 15) is 9.59 Å². The first kappa shape index (κ1) is 16.5. The number of carbonyl (C=O) groups excluding carboxylic acids is 1. The van der Waals surface area contributed by atoms with Gasteiger partial charge in [-0.25, -0.2) is 9.78 Å². The first-order valence-corrected chi connectivity index (χ1v) is 9.39. The van der Waals surface area contributed by atoms with Gasteiger partial charge in [-0.15, -0.1) is 22.7 Å². The van der Waals surface area contributed by atoms with E-state index < -0.39 is 5.63 Å². The molecule has 6 nitrogen and oxygen atoms in total. The van der Waals surface area contributed by atoms with Crippen molar-refractivity contribution in [1.82, 2.24) is 4.98 Å². The minimum atomic E-state index is -0.433. The van der Waals surface area contributed by atoms with Gasteiger partial charge in [0.15, 0.2) is 11.7 Å². The Kier molecular flexibility index (Phi) is 4.51. The van der Waals surface area contributed by atoms with Gasteiger partial charge in [-0.2, -0.15) is 0 Å². The highest BCUT2D eigenvalue weighted by atomic mass is 32.1. The fraction of sp³-hybridized carbons (Fsp3) is 0.0556. The van der Waals surface area contributed by atoms with E-state index in [2.05, 4.69) is 10.3 Å². The Hall–Kier alpha value is -2.97. The molecule has 0 bridgehead atoms. The van der Waals surface area contributed by atoms with Crippen molar-refractivity contribution >= 4 is 44.7 Å². The summed E-state index contributed by atoms with van der Waals surface area (Å²) in [5.41, 5.74) is 0.819. The van der Waals surface area contributed by atoms with Gasteiger partial charge < -0.3 is 9.15 Å². The van der Waals surface area contributed by atoms with Crippen molar-refractivity contribution in [3.05, 3.63) is 63.6 Å². The van der Waals surface area contributed by atoms with Gasteiger partial charge in [0.05, 0.1) is 10.6 Å². The molecule has 0 atom stereocenters. The number of nitrogens with zero attached hydrogens (tertiary/aromatic N) is 1. The Bertz CT molecular complexity index is 1120. The van der Waals surface area contributed by atoms with Crippen LogP contribution in [0.1, 0.15) is 0 Å². The van der Waals surface area contributed by atoms with Crippen molar-refractivity contribution in [3.63, 3.8) is 0 Å². The van der Waals surface area contributed by atoms with Crippen LogP contribution in [-0.4, -0.2) is 17.5 Å². The van der Waals surface area contributed by atoms with Crippen molar-refractivity contribution in [2.75, 3.05) is 11.9 Å². The van der Waals surface area contributed by atoms with E-state index in [1.165, 1.54) is 17.4 Å². The van der Waals surface area contributed by atoms with Crippen LogP contribution in [0, 0.1) is 0 Å². The second-order valence-corrected chi connectivity index (χ2v) is 7.11. The van der Waals surface area contributed by atoms with Crippen LogP contribution in [0.2, 0.25) is 0 Å². The van der Waals surface area contributed by atoms with Gasteiger partial charge >= 0.3 is 5.63 Å². The monoisotopic (exact) mass is 384 g/mol. The number of carbonyl (C=O) groups is 1. The van der Waals surface area contributed by atoms with Crippen LogP contribution < -0.4 is 15.7 Å². The van der Waals surface area contributed by atoms with E-state index in [-0.39, 0.29) is 12.5 Å². The highest BCUT2D eigenvalue weighted by molar-refractivity contribution is 7.16. The minimum absolute atomic E-state index is 0.170. The van der Waals surface area contributed by atoms with E-state index >= 15 is 0 Å². The quantitative estimate of drug-likeness (QED) is 0.526. The Labute approximate surface area is 155 Å². The van der Waals surface area contributed by atoms with Gasteiger partial charge in [0.1, 0.15) is 11.3 Å². The number of benzene rings is 1. The SMILES string of the molecule is O=C(COc1ccc2ccc(=O)oc2c1)Nc1nc(-c2cccs2)cs1. The van der Waals surface area contributed by atoms with Crippen LogP contribution in [0.5, 0.6) is 5.75 Å². The van der Waals surface area contributed by atoms with Crippen LogP contribution in [0.4, 0.5) is 5.13 Å². The third-order valence-corrected chi connectivity index (χ3v) is 5.14. The lowest BCUT2D eigenvalue weighted by atomic mass is 10.2. The molecule has 0 aliphatic heterocycles. The van der Waals surface area contributed by atoms with Crippen molar-refractivity contribution < 1.29 is 13.9 Å². The van der Waals surface area contributed by atoms with Crippen molar-refractivity contribution in [2.45, 2.75) is 0 Å². The maximum atomic E-state index is 12.1. The number of thiophene rings is 1. The smallest absolute Gasteiger partial charge is 0.336 e. The number of hydrogen-bond donors (Lipinski definition) is 1. The molecule has 130 valence electrons. The second kappa shape index (κ2) is 7.11. The summed E-state index contributed by atoms with van der Waals surface area (Å²) in [4.78, 5) is 28.8. The molecule has 4 aromatic rings. The molecule has 0 saturated carbocycles. The molecule has 0 radical (unpaired) electrons. The minimum Gasteiger partial charge on any atom is -0.484 e. The van der Waals surface area contributed by atoms with Crippen LogP contribution in [0.15, 0.2) is 62.4 Å². The summed E-state index contributed by atoms with van der Waals surface area (Å²) in [7, 11) is 0. The normalized spacial score (nSPS) is 10.8. The largest absolute Gasteiger partial charge is 0.484 e. The molecule has 0 aliphatic rings. The van der Waals surface area contributed by atoms with E-state index in [1.54, 1.807) is 35.6 Å². The molecule has 4 rings (SSSR count). The Morgan fingerprint density at radius 3 is 2.92 bits per heavy atom. The maximum absolute atomic E-state index is 12.1. The highest BCUT2D eigenvalue weighted by Gasteiger charge is 2.10. The predicted molar refractivity (Wildman–Crippen MR) is 102 cm³/mol. The Morgan fingerprint density at radius 1 is 1.19 bits per heavy atom. The predicted octanol–water partition coefficient (Wildman–Crippen LogP) is 4.00. The molecule has 0 unspecified atom stereocenters. The van der Waals surface area contributed by atoms with Crippen molar-refractivity contribution in [2.24, 2.45) is 0 Å². The second-order valence-electron chi connectivity index (χ2n) is 5.31. The molecule has 1 amide bonds. The van der Waals surface area contributed by atoms with Crippen molar-refractivity contribution in [3.8, 4) is 16.3 Å². The lowest BCUT2D eigenvalue weighted by Gasteiger charge is -2.06. The lowest BCUT2D eigenvalue weighted by molar-refractivity contribution is -0.118. The standard InChI is InChI=1S/C18H12N2O4S2/c21-16(20-18-19-13(10-26-18)15-2-1-7-25-15)9-23-12-5-3-11-4-6-17(22)24-14(11)8-12/h1-8,10H,9H2,(H,19,20,21). The first-order valence-electron chi connectivity index (χ1n) is 7.63. The average molecular weight is 384 g/mol. The molecule has 3 heterocycles. The van der Waals surface area contributed by atoms with Gasteiger partial charge in [0.25, 0.3) is 5.91 Å². The fourth-order valence-corrected chi connectivity index (χ4v) is 3.79. The average Bonchev–Trinajstić information content (AvgIpc) is 3.31. The first-order chi connectivity index (χ1) is 12.7. The fourth-order valence-electron chi connectivity index (χ4n) is 2.30. The molecule has 8 heteroatoms. The lowest BCUT2D eigenvalue weighted by Crippen LogP contribution is -2.20. The number of fused-ring (bicyclic) bond motifs is 1. The Balaban J connectivity index is 1.39. The molecule has 0 fully saturated rings. The van der Waals surface area contributed by atoms with Gasteiger partial charge in [-0.3, -0.25) is 10.1 Å². The molecule has 26 heavy (non-hydrogen) atoms. The van der Waals surface area contributed by atoms with Crippen LogP contribution >= 0.6 is 22.7 Å². The number of nitrogens with one attached hydrogen (secondary N) is 1. The van der Waals surface area contributed by atoms with E-state index in [1.807, 2.05) is 22.9 Å². The third kappa shape index (κ3) is 3.66. The van der Waals surface area contributed by atoms with Crippen molar-refractivity contribution in [1.29, 1.82) is 0 Å². The zero-order valence-electron chi connectivity index (χ0n) is 13.3. The molecule has 0 spiro atoms. The number of aromatic nitrogens is 1. The highest BCUT2D eigenvalue weighted by Crippen LogP contribution is 2.28. The van der Waals surface area contributed by atoms with Gasteiger partial charge in [-0.1, -0.05) is 6.07 Å². The number of anilines is 1. The van der Waals surface area contributed by atoms with Gasteiger partial charge in [-0.05, 0) is 29.6 Å². The summed E-state index contributed by atoms with van der Waals surface area (Å²) in [6, 6.07) is 12.0. The molecule has 1 aromatic carbocycles. The summed E-state index contributed by atoms with van der Waals surface area (Å²) in [6.45, 7) is -0.170. The maximum Gasteiger partial charge on any atom is 0.336 e. The molecule has 3 aromatic heterocycles. The third-order valence-electron chi connectivity index (χ3n) is 3.49. The molecular formula is C18H12N2O4S2. The molecule has 0 aliphatic carbocycles. The summed E-state index contributed by atoms with van der Waals surface area (Å²) in [5.74, 6) is 0.132. The molecular weight excluding hydrogens is 372 g/mol. The molecule has 1 N–H and O–H groups in total. The topological polar surface area (TPSA) is 81.4 Å². The van der Waals surface area contributed by atoms with E-state index in [0.29, 0.717) is 16.5 Å². The number of rotatable bonds is 5. The van der Waals surface area contributed by atoms with Gasteiger partial charge in [0, 0.05) is 22.9 Å². The summed E-state index contributed by atoms with van der Waals surface area (Å²) >= 11 is 2.95. The number of amides is 1. The number of hydrogen-bond acceptors (Lipinski definition) is 7. The number of ether oxygens (including phenoxy) is 1. The zero-order chi connectivity index (χ0) is 17.9. The van der Waals surface area contributed by atoms with Gasteiger partial charge in [0.2, 0.25) is 0 Å². The van der Waals surface area contributed by atoms with Crippen LogP contribution in [0.25, 0.3) is 21.5 Å². The van der Waals surface area contributed by atoms with E-state index in [4.69, 9.17) is 9.15 Å². The Morgan fingerprint density at radius 2 is 2.08 bits per heavy atom. The number of thiazole rings is 1. The van der Waals surface area contributed by atoms with Crippen LogP contribution in [-0.2, 0) is 4.79 Å².